The molecule has 1 amide bonds. The van der Waals surface area contributed by atoms with Crippen LogP contribution in [-0.2, 0) is 6.18 Å². The maximum Gasteiger partial charge on any atom is 0.416 e. The van der Waals surface area contributed by atoms with E-state index in [0.29, 0.717) is 11.1 Å². The van der Waals surface area contributed by atoms with Crippen molar-refractivity contribution in [3.05, 3.63) is 50.1 Å². The number of rotatable bonds is 3. The molecule has 0 radical (unpaired) electrons. The van der Waals surface area contributed by atoms with Crippen molar-refractivity contribution in [2.24, 2.45) is 0 Å². The standard InChI is InChI=1S/C18H18BrF3N2OS/c1-24-4-2-11(3-5-24)12-6-14(18(20,21)22)9-15(7-12)23-17(25)13-8-16(19)26-10-13/h6-11H,2-5H2,1H3,(H,23,25). The molecule has 3 nitrogen and oxygen atoms in total. The van der Waals surface area contributed by atoms with Gasteiger partial charge in [0.25, 0.3) is 5.91 Å². The van der Waals surface area contributed by atoms with Gasteiger partial charge < -0.3 is 10.2 Å². The minimum Gasteiger partial charge on any atom is -0.322 e. The summed E-state index contributed by atoms with van der Waals surface area (Å²) in [6.07, 6.45) is -2.84. The van der Waals surface area contributed by atoms with Crippen molar-refractivity contribution in [1.82, 2.24) is 4.90 Å². The van der Waals surface area contributed by atoms with E-state index in [1.165, 1.54) is 17.4 Å². The summed E-state index contributed by atoms with van der Waals surface area (Å²) in [5.41, 5.74) is 0.506. The Morgan fingerprint density at radius 2 is 1.92 bits per heavy atom. The molecule has 0 saturated carbocycles. The Bertz CT molecular complexity index is 798. The summed E-state index contributed by atoms with van der Waals surface area (Å²) in [4.78, 5) is 14.5. The number of carbonyl (C=O) groups excluding carboxylic acids is 1. The van der Waals surface area contributed by atoms with Crippen molar-refractivity contribution in [2.75, 3.05) is 25.5 Å². The number of amides is 1. The molecule has 0 bridgehead atoms. The molecule has 26 heavy (non-hydrogen) atoms. The highest BCUT2D eigenvalue weighted by Gasteiger charge is 2.32. The van der Waals surface area contributed by atoms with Crippen molar-refractivity contribution in [1.29, 1.82) is 0 Å². The van der Waals surface area contributed by atoms with Gasteiger partial charge in [-0.2, -0.15) is 13.2 Å². The van der Waals surface area contributed by atoms with Crippen LogP contribution in [0.4, 0.5) is 18.9 Å². The van der Waals surface area contributed by atoms with Gasteiger partial charge in [-0.25, -0.2) is 0 Å². The van der Waals surface area contributed by atoms with Gasteiger partial charge in [-0.1, -0.05) is 0 Å². The third-order valence-corrected chi connectivity index (χ3v) is 6.06. The molecular weight excluding hydrogens is 429 g/mol. The van der Waals surface area contributed by atoms with E-state index in [0.717, 1.165) is 35.8 Å². The quantitative estimate of drug-likeness (QED) is 0.666. The van der Waals surface area contributed by atoms with Gasteiger partial charge >= 0.3 is 6.18 Å². The normalized spacial score (nSPS) is 16.7. The van der Waals surface area contributed by atoms with Crippen molar-refractivity contribution >= 4 is 38.9 Å². The molecule has 1 N–H and O–H groups in total. The molecule has 3 rings (SSSR count). The number of thiophene rings is 1. The number of nitrogens with zero attached hydrogens (tertiary/aromatic N) is 1. The number of benzene rings is 1. The van der Waals surface area contributed by atoms with E-state index >= 15 is 0 Å². The fourth-order valence-corrected chi connectivity index (χ4v) is 4.23. The van der Waals surface area contributed by atoms with Crippen LogP contribution in [0.3, 0.4) is 0 Å². The highest BCUT2D eigenvalue weighted by molar-refractivity contribution is 9.11. The van der Waals surface area contributed by atoms with E-state index in [2.05, 4.69) is 26.1 Å². The van der Waals surface area contributed by atoms with Crippen molar-refractivity contribution in [3.63, 3.8) is 0 Å². The van der Waals surface area contributed by atoms with E-state index in [9.17, 15) is 18.0 Å². The minimum absolute atomic E-state index is 0.0689. The van der Waals surface area contributed by atoms with Gasteiger partial charge in [-0.3, -0.25) is 4.79 Å². The fraction of sp³-hybridized carbons (Fsp3) is 0.389. The Morgan fingerprint density at radius 1 is 1.23 bits per heavy atom. The van der Waals surface area contributed by atoms with Crippen LogP contribution in [0.5, 0.6) is 0 Å². The lowest BCUT2D eigenvalue weighted by molar-refractivity contribution is -0.137. The first-order chi connectivity index (χ1) is 12.2. The van der Waals surface area contributed by atoms with Crippen molar-refractivity contribution < 1.29 is 18.0 Å². The highest BCUT2D eigenvalue weighted by Crippen LogP contribution is 2.36. The molecule has 0 atom stereocenters. The molecule has 8 heteroatoms. The van der Waals surface area contributed by atoms with E-state index in [4.69, 9.17) is 0 Å². The lowest BCUT2D eigenvalue weighted by Crippen LogP contribution is -2.29. The van der Waals surface area contributed by atoms with Crippen LogP contribution in [0.15, 0.2) is 33.4 Å². The maximum atomic E-state index is 13.3. The molecule has 1 aliphatic heterocycles. The predicted octanol–water partition coefficient (Wildman–Crippen LogP) is 5.59. The van der Waals surface area contributed by atoms with Crippen LogP contribution in [0.2, 0.25) is 0 Å². The smallest absolute Gasteiger partial charge is 0.322 e. The SMILES string of the molecule is CN1CCC(c2cc(NC(=O)c3csc(Br)c3)cc(C(F)(F)F)c2)CC1. The maximum absolute atomic E-state index is 13.3. The summed E-state index contributed by atoms with van der Waals surface area (Å²) < 4.78 is 40.7. The zero-order valence-electron chi connectivity index (χ0n) is 14.1. The molecule has 140 valence electrons. The number of anilines is 1. The summed E-state index contributed by atoms with van der Waals surface area (Å²) in [5, 5.41) is 4.27. The summed E-state index contributed by atoms with van der Waals surface area (Å²) in [6, 6.07) is 5.53. The number of hydrogen-bond acceptors (Lipinski definition) is 3. The number of piperidine rings is 1. The topological polar surface area (TPSA) is 32.3 Å². The molecule has 1 saturated heterocycles. The first kappa shape index (κ1) is 19.4. The number of hydrogen-bond donors (Lipinski definition) is 1. The number of nitrogens with one attached hydrogen (secondary N) is 1. The first-order valence-electron chi connectivity index (χ1n) is 8.18. The predicted molar refractivity (Wildman–Crippen MR) is 101 cm³/mol. The Morgan fingerprint density at radius 3 is 2.50 bits per heavy atom. The molecule has 1 fully saturated rings. The molecule has 0 unspecified atom stereocenters. The number of alkyl halides is 3. The van der Waals surface area contributed by atoms with E-state index in [-0.39, 0.29) is 11.6 Å². The molecule has 1 aliphatic rings. The fourth-order valence-electron chi connectivity index (χ4n) is 3.10. The average Bonchev–Trinajstić information content (AvgIpc) is 3.01. The molecule has 1 aromatic heterocycles. The summed E-state index contributed by atoms with van der Waals surface area (Å²) in [5.74, 6) is -0.347. The second kappa shape index (κ2) is 7.70. The zero-order chi connectivity index (χ0) is 18.9. The van der Waals surface area contributed by atoms with E-state index < -0.39 is 17.6 Å². The van der Waals surface area contributed by atoms with E-state index in [1.54, 1.807) is 17.5 Å². The Balaban J connectivity index is 1.88. The summed E-state index contributed by atoms with van der Waals surface area (Å²) in [7, 11) is 2.01. The van der Waals surface area contributed by atoms with E-state index in [1.807, 2.05) is 7.05 Å². The third-order valence-electron chi connectivity index (χ3n) is 4.56. The van der Waals surface area contributed by atoms with Gasteiger partial charge in [0.05, 0.1) is 14.9 Å². The second-order valence-corrected chi connectivity index (χ2v) is 8.80. The van der Waals surface area contributed by atoms with Crippen LogP contribution in [0, 0.1) is 0 Å². The van der Waals surface area contributed by atoms with Gasteiger partial charge in [-0.15, -0.1) is 11.3 Å². The van der Waals surface area contributed by atoms with Crippen molar-refractivity contribution in [3.8, 4) is 0 Å². The highest BCUT2D eigenvalue weighted by atomic mass is 79.9. The average molecular weight is 447 g/mol. The van der Waals surface area contributed by atoms with Crippen LogP contribution >= 0.6 is 27.3 Å². The largest absolute Gasteiger partial charge is 0.416 e. The lowest BCUT2D eigenvalue weighted by atomic mass is 9.88. The Labute approximate surface area is 162 Å². The molecular formula is C18H18BrF3N2OS. The summed E-state index contributed by atoms with van der Waals surface area (Å²) >= 11 is 4.63. The number of halogens is 4. The molecule has 0 spiro atoms. The Hall–Kier alpha value is -1.38. The van der Waals surface area contributed by atoms with Crippen LogP contribution in [-0.4, -0.2) is 30.9 Å². The zero-order valence-corrected chi connectivity index (χ0v) is 16.5. The molecule has 2 heterocycles. The number of carbonyl (C=O) groups is 1. The van der Waals surface area contributed by atoms with Gasteiger partial charge in [-0.05, 0) is 84.7 Å². The second-order valence-electron chi connectivity index (χ2n) is 6.51. The van der Waals surface area contributed by atoms with Crippen LogP contribution in [0.25, 0.3) is 0 Å². The van der Waals surface area contributed by atoms with Crippen LogP contribution < -0.4 is 5.32 Å². The Kier molecular flexibility index (Phi) is 5.74. The van der Waals surface area contributed by atoms with Gasteiger partial charge in [0, 0.05) is 11.1 Å². The third kappa shape index (κ3) is 4.66. The van der Waals surface area contributed by atoms with Gasteiger partial charge in [0.2, 0.25) is 0 Å². The molecule has 0 aliphatic carbocycles. The molecule has 1 aromatic carbocycles. The van der Waals surface area contributed by atoms with Gasteiger partial charge in [0.15, 0.2) is 0 Å². The molecule has 2 aromatic rings. The minimum atomic E-state index is -4.45. The lowest BCUT2D eigenvalue weighted by Gasteiger charge is -2.29. The first-order valence-corrected chi connectivity index (χ1v) is 9.86. The van der Waals surface area contributed by atoms with Crippen LogP contribution in [0.1, 0.15) is 40.2 Å². The van der Waals surface area contributed by atoms with Crippen molar-refractivity contribution in [2.45, 2.75) is 24.9 Å². The summed E-state index contributed by atoms with van der Waals surface area (Å²) in [6.45, 7) is 1.71. The monoisotopic (exact) mass is 446 g/mol. The van der Waals surface area contributed by atoms with Gasteiger partial charge in [0.1, 0.15) is 0 Å². The number of likely N-dealkylation sites (tertiary alicyclic amines) is 1.